The van der Waals surface area contributed by atoms with Gasteiger partial charge in [-0.05, 0) is 51.4 Å². The van der Waals surface area contributed by atoms with Gasteiger partial charge in [-0.1, -0.05) is 166 Å². The first-order valence-electron chi connectivity index (χ1n) is 18.7. The molecule has 43 heavy (non-hydrogen) atoms. The predicted octanol–water partition coefficient (Wildman–Crippen LogP) is 11.1. The molecule has 252 valence electrons. The predicted molar refractivity (Wildman–Crippen MR) is 188 cm³/mol. The minimum atomic E-state index is -0.862. The minimum absolute atomic E-state index is 0.0873. The lowest BCUT2D eigenvalue weighted by molar-refractivity contribution is -0.123. The molecule has 0 radical (unpaired) electrons. The van der Waals surface area contributed by atoms with Gasteiger partial charge in [0.25, 0.3) is 0 Å². The number of allylic oxidation sites excluding steroid dienone is 5. The standard InChI is InChI=1S/C39H73NO3/c1-3-5-7-9-11-13-15-16-17-18-19-20-21-22-23-24-25-26-28-30-32-34-38(42)37(36-41)40-39(43)35-33-31-29-27-14-12-10-8-6-4-2/h8,10,25-26,32,34,37-38,41-42H,3-7,9,11-24,27-31,33,35-36H2,1-2H3,(H,40,43)/b10-8-,26-25+,34-32+. The summed E-state index contributed by atoms with van der Waals surface area (Å²) >= 11 is 0. The van der Waals surface area contributed by atoms with Crippen LogP contribution in [-0.4, -0.2) is 34.9 Å². The molecule has 3 N–H and O–H groups in total. The van der Waals surface area contributed by atoms with Crippen molar-refractivity contribution in [3.8, 4) is 0 Å². The van der Waals surface area contributed by atoms with E-state index >= 15 is 0 Å². The number of hydrogen-bond acceptors (Lipinski definition) is 3. The van der Waals surface area contributed by atoms with Crippen molar-refractivity contribution in [2.45, 2.75) is 199 Å². The molecule has 0 heterocycles. The van der Waals surface area contributed by atoms with Crippen LogP contribution in [0.2, 0.25) is 0 Å². The van der Waals surface area contributed by atoms with Crippen molar-refractivity contribution < 1.29 is 15.0 Å². The summed E-state index contributed by atoms with van der Waals surface area (Å²) < 4.78 is 0. The Kier molecular flexibility index (Phi) is 34.0. The molecule has 2 atom stereocenters. The normalized spacial score (nSPS) is 13.5. The second-order valence-corrected chi connectivity index (χ2v) is 12.6. The maximum Gasteiger partial charge on any atom is 0.220 e. The molecule has 4 heteroatoms. The molecule has 0 spiro atoms. The summed E-state index contributed by atoms with van der Waals surface area (Å²) in [6.45, 7) is 4.22. The summed E-state index contributed by atoms with van der Waals surface area (Å²) in [6, 6.07) is -0.640. The summed E-state index contributed by atoms with van der Waals surface area (Å²) in [5, 5.41) is 22.8. The van der Waals surface area contributed by atoms with E-state index in [-0.39, 0.29) is 12.5 Å². The van der Waals surface area contributed by atoms with Crippen LogP contribution < -0.4 is 5.32 Å². The second kappa shape index (κ2) is 35.1. The summed E-state index contributed by atoms with van der Waals surface area (Å²) in [7, 11) is 0. The van der Waals surface area contributed by atoms with Crippen molar-refractivity contribution in [2.75, 3.05) is 6.61 Å². The largest absolute Gasteiger partial charge is 0.394 e. The third-order valence-corrected chi connectivity index (χ3v) is 8.33. The van der Waals surface area contributed by atoms with Gasteiger partial charge in [-0.25, -0.2) is 0 Å². The van der Waals surface area contributed by atoms with Gasteiger partial charge in [0.15, 0.2) is 0 Å². The van der Waals surface area contributed by atoms with Crippen molar-refractivity contribution in [1.29, 1.82) is 0 Å². The highest BCUT2D eigenvalue weighted by Crippen LogP contribution is 2.14. The number of carbonyl (C=O) groups is 1. The van der Waals surface area contributed by atoms with E-state index in [0.29, 0.717) is 6.42 Å². The van der Waals surface area contributed by atoms with E-state index in [0.717, 1.165) is 44.9 Å². The first kappa shape index (κ1) is 41.6. The molecule has 0 saturated heterocycles. The Morgan fingerprint density at radius 3 is 1.44 bits per heavy atom. The van der Waals surface area contributed by atoms with Crippen LogP contribution in [0.15, 0.2) is 36.5 Å². The van der Waals surface area contributed by atoms with E-state index in [1.807, 2.05) is 6.08 Å². The van der Waals surface area contributed by atoms with E-state index in [1.165, 1.54) is 122 Å². The third-order valence-electron chi connectivity index (χ3n) is 8.33. The van der Waals surface area contributed by atoms with Crippen LogP contribution in [-0.2, 0) is 4.79 Å². The van der Waals surface area contributed by atoms with Gasteiger partial charge >= 0.3 is 0 Å². The van der Waals surface area contributed by atoms with Crippen LogP contribution in [0.5, 0.6) is 0 Å². The Labute approximate surface area is 268 Å². The quantitative estimate of drug-likeness (QED) is 0.0516. The lowest BCUT2D eigenvalue weighted by atomic mass is 10.0. The average molecular weight is 604 g/mol. The molecule has 1 amide bonds. The zero-order valence-electron chi connectivity index (χ0n) is 28.7. The van der Waals surface area contributed by atoms with Crippen molar-refractivity contribution in [2.24, 2.45) is 0 Å². The van der Waals surface area contributed by atoms with Gasteiger partial charge < -0.3 is 15.5 Å². The molecular weight excluding hydrogens is 530 g/mol. The third kappa shape index (κ3) is 31.8. The molecule has 0 fully saturated rings. The number of unbranched alkanes of at least 4 members (excludes halogenated alkanes) is 22. The molecular formula is C39H73NO3. The molecule has 0 saturated carbocycles. The SMILES string of the molecule is CCC/C=C\CCCCCCCC(=O)NC(CO)C(O)/C=C/CC/C=C/CCCCCCCCCCCCCCCCC. The van der Waals surface area contributed by atoms with Gasteiger partial charge in [0.2, 0.25) is 5.91 Å². The molecule has 0 rings (SSSR count). The Bertz CT molecular complexity index is 657. The monoisotopic (exact) mass is 604 g/mol. The van der Waals surface area contributed by atoms with E-state index < -0.39 is 12.1 Å². The van der Waals surface area contributed by atoms with Crippen molar-refractivity contribution in [1.82, 2.24) is 5.32 Å². The van der Waals surface area contributed by atoms with Gasteiger partial charge in [-0.15, -0.1) is 0 Å². The molecule has 0 aromatic carbocycles. The van der Waals surface area contributed by atoms with Crippen molar-refractivity contribution >= 4 is 5.91 Å². The van der Waals surface area contributed by atoms with E-state index in [1.54, 1.807) is 6.08 Å². The van der Waals surface area contributed by atoms with Crippen LogP contribution in [0.25, 0.3) is 0 Å². The Hall–Kier alpha value is -1.39. The fraction of sp³-hybridized carbons (Fsp3) is 0.821. The highest BCUT2D eigenvalue weighted by atomic mass is 16.3. The zero-order valence-corrected chi connectivity index (χ0v) is 28.7. The van der Waals surface area contributed by atoms with Crippen LogP contribution in [0.3, 0.4) is 0 Å². The average Bonchev–Trinajstić information content (AvgIpc) is 3.01. The Morgan fingerprint density at radius 1 is 0.535 bits per heavy atom. The molecule has 0 aliphatic heterocycles. The van der Waals surface area contributed by atoms with Crippen LogP contribution in [0, 0.1) is 0 Å². The minimum Gasteiger partial charge on any atom is -0.394 e. The van der Waals surface area contributed by atoms with Crippen molar-refractivity contribution in [3.63, 3.8) is 0 Å². The van der Waals surface area contributed by atoms with E-state index in [4.69, 9.17) is 0 Å². The fourth-order valence-electron chi connectivity index (χ4n) is 5.43. The maximum absolute atomic E-state index is 12.2. The Balaban J connectivity index is 3.63. The number of aliphatic hydroxyl groups is 2. The van der Waals surface area contributed by atoms with Crippen molar-refractivity contribution in [3.05, 3.63) is 36.5 Å². The number of aliphatic hydroxyl groups excluding tert-OH is 2. The van der Waals surface area contributed by atoms with E-state index in [9.17, 15) is 15.0 Å². The van der Waals surface area contributed by atoms with Crippen LogP contribution >= 0.6 is 0 Å². The number of carbonyl (C=O) groups excluding carboxylic acids is 1. The number of hydrogen-bond donors (Lipinski definition) is 3. The topological polar surface area (TPSA) is 69.6 Å². The van der Waals surface area contributed by atoms with Crippen LogP contribution in [0.4, 0.5) is 0 Å². The molecule has 0 aromatic rings. The summed E-state index contributed by atoms with van der Waals surface area (Å²) in [5.74, 6) is -0.0873. The molecule has 0 bridgehead atoms. The zero-order chi connectivity index (χ0) is 31.5. The molecule has 0 aliphatic rings. The first-order valence-corrected chi connectivity index (χ1v) is 18.7. The van der Waals surface area contributed by atoms with Gasteiger partial charge in [-0.2, -0.15) is 0 Å². The van der Waals surface area contributed by atoms with Crippen LogP contribution in [0.1, 0.15) is 187 Å². The number of amides is 1. The van der Waals surface area contributed by atoms with Gasteiger partial charge in [-0.3, -0.25) is 4.79 Å². The Morgan fingerprint density at radius 2 is 0.953 bits per heavy atom. The number of rotatable bonds is 33. The second-order valence-electron chi connectivity index (χ2n) is 12.6. The molecule has 2 unspecified atom stereocenters. The lowest BCUT2D eigenvalue weighted by Crippen LogP contribution is -2.45. The fourth-order valence-corrected chi connectivity index (χ4v) is 5.43. The van der Waals surface area contributed by atoms with Gasteiger partial charge in [0.1, 0.15) is 0 Å². The summed E-state index contributed by atoms with van der Waals surface area (Å²) in [6.07, 6.45) is 45.3. The number of nitrogens with one attached hydrogen (secondary N) is 1. The molecule has 0 aromatic heterocycles. The highest BCUT2D eigenvalue weighted by molar-refractivity contribution is 5.76. The van der Waals surface area contributed by atoms with E-state index in [2.05, 4.69) is 43.5 Å². The maximum atomic E-state index is 12.2. The van der Waals surface area contributed by atoms with Gasteiger partial charge in [0.05, 0.1) is 18.8 Å². The first-order chi connectivity index (χ1) is 21.2. The summed E-state index contributed by atoms with van der Waals surface area (Å²) in [5.41, 5.74) is 0. The molecule has 4 nitrogen and oxygen atoms in total. The summed E-state index contributed by atoms with van der Waals surface area (Å²) in [4.78, 5) is 12.2. The smallest absolute Gasteiger partial charge is 0.220 e. The molecule has 0 aliphatic carbocycles. The van der Waals surface area contributed by atoms with Gasteiger partial charge in [0, 0.05) is 6.42 Å². The highest BCUT2D eigenvalue weighted by Gasteiger charge is 2.17. The lowest BCUT2D eigenvalue weighted by Gasteiger charge is -2.19.